The summed E-state index contributed by atoms with van der Waals surface area (Å²) in [5.74, 6) is 0.964. The van der Waals surface area contributed by atoms with Crippen molar-refractivity contribution in [3.05, 3.63) is 138 Å². The van der Waals surface area contributed by atoms with Crippen molar-refractivity contribution >= 4 is 33.0 Å². The van der Waals surface area contributed by atoms with Crippen LogP contribution >= 0.6 is 0 Å². The molecule has 0 aliphatic heterocycles. The van der Waals surface area contributed by atoms with Crippen molar-refractivity contribution < 1.29 is 12.6 Å². The van der Waals surface area contributed by atoms with Crippen LogP contribution in [0.4, 0.5) is 0 Å². The summed E-state index contributed by atoms with van der Waals surface area (Å²) >= 11 is 0. The lowest BCUT2D eigenvalue weighted by Crippen LogP contribution is -2.09. The number of aromatic nitrogens is 3. The van der Waals surface area contributed by atoms with Gasteiger partial charge in [-0.1, -0.05) is 88.4 Å². The first kappa shape index (κ1) is 23.8. The second-order valence-electron chi connectivity index (χ2n) is 13.0. The largest absolute Gasteiger partial charge is 0.455 e. The van der Waals surface area contributed by atoms with E-state index < -0.39 is 13.7 Å². The Morgan fingerprint density at radius 3 is 2.19 bits per heavy atom. The van der Waals surface area contributed by atoms with Crippen molar-refractivity contribution in [3.63, 3.8) is 0 Å². The summed E-state index contributed by atoms with van der Waals surface area (Å²) in [6.45, 7) is 4.04. The summed E-state index contributed by atoms with van der Waals surface area (Å²) in [5.41, 5.74) is 10.2. The fraction of sp³-hybridized carbons (Fsp3) is 0.182. The third-order valence-electron chi connectivity index (χ3n) is 9.21. The molecule has 0 radical (unpaired) electrons. The van der Waals surface area contributed by atoms with Gasteiger partial charge < -0.3 is 4.42 Å². The Bertz CT molecular complexity index is 2670. The van der Waals surface area contributed by atoms with Gasteiger partial charge in [0.05, 0.1) is 28.0 Å². The summed E-state index contributed by atoms with van der Waals surface area (Å²) < 4.78 is 58.1. The van der Waals surface area contributed by atoms with Gasteiger partial charge in [-0.05, 0) is 108 Å². The molecule has 236 valence electrons. The number of para-hydroxylation sites is 2. The van der Waals surface area contributed by atoms with Crippen LogP contribution in [0, 0.1) is 13.7 Å². The van der Waals surface area contributed by atoms with Crippen molar-refractivity contribution in [2.75, 3.05) is 0 Å². The number of benzene rings is 5. The van der Waals surface area contributed by atoms with E-state index >= 15 is 0 Å². The molecule has 8 rings (SSSR count). The summed E-state index contributed by atoms with van der Waals surface area (Å²) in [6.07, 6.45) is 0. The second kappa shape index (κ2) is 11.6. The van der Waals surface area contributed by atoms with Gasteiger partial charge in [0, 0.05) is 30.3 Å². The number of fused-ring (bicyclic) bond motifs is 4. The topological polar surface area (TPSA) is 43.9 Å². The highest BCUT2D eigenvalue weighted by atomic mass is 16.3. The maximum Gasteiger partial charge on any atom is 0.149 e. The predicted molar refractivity (Wildman–Crippen MR) is 200 cm³/mol. The molecule has 0 fully saturated rings. The molecule has 4 nitrogen and oxygen atoms in total. The molecule has 0 saturated heterocycles. The van der Waals surface area contributed by atoms with Crippen LogP contribution in [0.2, 0.25) is 0 Å². The lowest BCUT2D eigenvalue weighted by Gasteiger charge is -2.24. The Balaban J connectivity index is 1.43. The lowest BCUT2D eigenvalue weighted by atomic mass is 9.88. The molecule has 0 atom stereocenters. The molecule has 0 bridgehead atoms. The Morgan fingerprint density at radius 2 is 1.44 bits per heavy atom. The van der Waals surface area contributed by atoms with Crippen LogP contribution in [0.5, 0.6) is 0 Å². The van der Waals surface area contributed by atoms with Gasteiger partial charge in [0.15, 0.2) is 0 Å². The van der Waals surface area contributed by atoms with E-state index in [-0.39, 0.29) is 23.1 Å². The minimum atomic E-state index is -2.43. The van der Waals surface area contributed by atoms with Crippen LogP contribution in [-0.2, 0) is 0 Å². The van der Waals surface area contributed by atoms with Gasteiger partial charge in [0.1, 0.15) is 17.0 Å². The SMILES string of the molecule is [2H]C([2H])([2H])c1cccc(-c2ccc3c(c2)oc2c(-c4nc5ccccc5n4-c4c(C(C)C)cc(-c5ccccc5)cc4C(C)C)ccc(C([2H])([2H])[2H])c23)n1. The first-order valence-electron chi connectivity index (χ1n) is 19.4. The molecule has 5 aromatic carbocycles. The van der Waals surface area contributed by atoms with E-state index in [4.69, 9.17) is 17.6 Å². The molecule has 8 aromatic rings. The number of rotatable bonds is 6. The van der Waals surface area contributed by atoms with Gasteiger partial charge in [0.2, 0.25) is 0 Å². The minimum absolute atomic E-state index is 0.00563. The van der Waals surface area contributed by atoms with Crippen LogP contribution < -0.4 is 0 Å². The highest BCUT2D eigenvalue weighted by molar-refractivity contribution is 6.12. The van der Waals surface area contributed by atoms with E-state index in [2.05, 4.69) is 79.7 Å². The number of nitrogens with zero attached hydrogens (tertiary/aromatic N) is 3. The van der Waals surface area contributed by atoms with Gasteiger partial charge in [0.25, 0.3) is 0 Å². The molecule has 0 saturated carbocycles. The zero-order chi connectivity index (χ0) is 38.1. The zero-order valence-corrected chi connectivity index (χ0v) is 27.4. The molecule has 0 aliphatic carbocycles. The van der Waals surface area contributed by atoms with Gasteiger partial charge in [-0.25, -0.2) is 4.98 Å². The smallest absolute Gasteiger partial charge is 0.149 e. The fourth-order valence-corrected chi connectivity index (χ4v) is 6.86. The highest BCUT2D eigenvalue weighted by Crippen LogP contribution is 2.43. The standard InChI is InChI=1S/C44H39N3O/c1-26(2)35-23-32(30-14-8-7-9-15-30)24-36(27(3)4)42(35)47-39-18-11-10-16-38(39)46-44(47)34-21-19-28(5)41-33-22-20-31(25-40(33)48-43(34)41)37-17-12-13-29(6)45-37/h7-27H,1-6H3/i5D3,6D3. The molecule has 4 heteroatoms. The second-order valence-corrected chi connectivity index (χ2v) is 13.0. The molecule has 3 aromatic heterocycles. The Hall–Kier alpha value is -5.48. The van der Waals surface area contributed by atoms with Crippen LogP contribution in [0.25, 0.3) is 72.4 Å². The molecule has 0 N–H and O–H groups in total. The molecule has 0 aliphatic rings. The predicted octanol–water partition coefficient (Wildman–Crippen LogP) is 12.2. The van der Waals surface area contributed by atoms with Gasteiger partial charge >= 0.3 is 0 Å². The fourth-order valence-electron chi connectivity index (χ4n) is 6.86. The van der Waals surface area contributed by atoms with Crippen LogP contribution in [0.3, 0.4) is 0 Å². The molecule has 0 spiro atoms. The van der Waals surface area contributed by atoms with E-state index in [1.165, 1.54) is 17.2 Å². The first-order valence-corrected chi connectivity index (χ1v) is 16.4. The highest BCUT2D eigenvalue weighted by Gasteiger charge is 2.26. The Labute approximate surface area is 290 Å². The van der Waals surface area contributed by atoms with Gasteiger partial charge in [-0.2, -0.15) is 0 Å². The molecule has 48 heavy (non-hydrogen) atoms. The van der Waals surface area contributed by atoms with Crippen LogP contribution in [0.15, 0.2) is 120 Å². The van der Waals surface area contributed by atoms with Crippen molar-refractivity contribution in [2.24, 2.45) is 0 Å². The van der Waals surface area contributed by atoms with Gasteiger partial charge in [-0.3, -0.25) is 9.55 Å². The molecular weight excluding hydrogens is 587 g/mol. The third-order valence-corrected chi connectivity index (χ3v) is 9.21. The van der Waals surface area contributed by atoms with Crippen LogP contribution in [-0.4, -0.2) is 14.5 Å². The van der Waals surface area contributed by atoms with E-state index in [0.717, 1.165) is 27.8 Å². The molecule has 0 amide bonds. The lowest BCUT2D eigenvalue weighted by molar-refractivity contribution is 0.669. The monoisotopic (exact) mass is 631 g/mol. The maximum atomic E-state index is 8.52. The van der Waals surface area contributed by atoms with E-state index in [1.54, 1.807) is 24.3 Å². The summed E-state index contributed by atoms with van der Waals surface area (Å²) in [4.78, 5) is 9.68. The zero-order valence-electron chi connectivity index (χ0n) is 33.4. The Morgan fingerprint density at radius 1 is 0.667 bits per heavy atom. The van der Waals surface area contributed by atoms with Gasteiger partial charge in [-0.15, -0.1) is 0 Å². The molecule has 3 heterocycles. The minimum Gasteiger partial charge on any atom is -0.455 e. The number of pyridine rings is 1. The van der Waals surface area contributed by atoms with E-state index in [1.807, 2.05) is 42.5 Å². The normalized spacial score (nSPS) is 14.3. The average molecular weight is 632 g/mol. The summed E-state index contributed by atoms with van der Waals surface area (Å²) in [7, 11) is 0. The van der Waals surface area contributed by atoms with Crippen molar-refractivity contribution in [2.45, 2.75) is 53.2 Å². The third kappa shape index (κ3) is 4.91. The number of imidazole rings is 1. The number of furan rings is 1. The summed E-state index contributed by atoms with van der Waals surface area (Å²) in [6, 6.07) is 36.9. The number of hydrogen-bond donors (Lipinski definition) is 0. The Kier molecular flexibility index (Phi) is 5.77. The first-order chi connectivity index (χ1) is 25.7. The number of aryl methyl sites for hydroxylation is 2. The van der Waals surface area contributed by atoms with Crippen molar-refractivity contribution in [1.82, 2.24) is 14.5 Å². The van der Waals surface area contributed by atoms with Crippen molar-refractivity contribution in [3.8, 4) is 39.5 Å². The maximum absolute atomic E-state index is 8.52. The molecule has 0 unspecified atom stereocenters. The van der Waals surface area contributed by atoms with Crippen LogP contribution in [0.1, 0.15) is 70.1 Å². The number of hydrogen-bond acceptors (Lipinski definition) is 3. The average Bonchev–Trinajstić information content (AvgIpc) is 3.72. The summed E-state index contributed by atoms with van der Waals surface area (Å²) in [5, 5.41) is 1.12. The van der Waals surface area contributed by atoms with E-state index in [9.17, 15) is 0 Å². The van der Waals surface area contributed by atoms with Crippen molar-refractivity contribution in [1.29, 1.82) is 0 Å². The molecular formula is C44H39N3O. The quantitative estimate of drug-likeness (QED) is 0.183. The van der Waals surface area contributed by atoms with E-state index in [0.29, 0.717) is 44.6 Å².